The van der Waals surface area contributed by atoms with Gasteiger partial charge in [-0.05, 0) is 48.7 Å². The summed E-state index contributed by atoms with van der Waals surface area (Å²) >= 11 is 0. The second kappa shape index (κ2) is 6.68. The van der Waals surface area contributed by atoms with Crippen molar-refractivity contribution in [2.75, 3.05) is 26.6 Å². The van der Waals surface area contributed by atoms with Gasteiger partial charge in [0.2, 0.25) is 6.79 Å². The van der Waals surface area contributed by atoms with Crippen LogP contribution in [0.5, 0.6) is 23.0 Å². The third-order valence-electron chi connectivity index (χ3n) is 5.29. The molecule has 1 unspecified atom stereocenters. The zero-order chi connectivity index (χ0) is 18.2. The van der Waals surface area contributed by atoms with Crippen molar-refractivity contribution in [1.29, 1.82) is 0 Å². The van der Waals surface area contributed by atoms with Crippen LogP contribution in [-0.4, -0.2) is 37.4 Å². The molecule has 3 heterocycles. The van der Waals surface area contributed by atoms with E-state index in [1.54, 1.807) is 18.2 Å². The lowest BCUT2D eigenvalue weighted by Crippen LogP contribution is -2.30. The Morgan fingerprint density at radius 2 is 1.59 bits per heavy atom. The fourth-order valence-electron chi connectivity index (χ4n) is 3.94. The number of carbonyl (C=O) groups is 1. The summed E-state index contributed by atoms with van der Waals surface area (Å²) in [7, 11) is 0. The van der Waals surface area contributed by atoms with Gasteiger partial charge in [0.05, 0.1) is 19.3 Å². The monoisotopic (exact) mass is 367 g/mol. The van der Waals surface area contributed by atoms with E-state index in [0.29, 0.717) is 30.3 Å². The molecular weight excluding hydrogens is 346 g/mol. The third-order valence-corrected chi connectivity index (χ3v) is 5.29. The predicted octanol–water partition coefficient (Wildman–Crippen LogP) is 3.55. The fourth-order valence-corrected chi connectivity index (χ4v) is 3.94. The van der Waals surface area contributed by atoms with Crippen molar-refractivity contribution in [3.8, 4) is 23.0 Å². The molecular formula is C21H21NO5. The highest BCUT2D eigenvalue weighted by molar-refractivity contribution is 5.95. The predicted molar refractivity (Wildman–Crippen MR) is 97.6 cm³/mol. The van der Waals surface area contributed by atoms with Gasteiger partial charge in [-0.3, -0.25) is 4.79 Å². The minimum Gasteiger partial charge on any atom is -0.490 e. The molecule has 0 aliphatic carbocycles. The Bertz CT molecular complexity index is 881. The molecule has 0 N–H and O–H groups in total. The Balaban J connectivity index is 1.42. The number of fused-ring (bicyclic) bond motifs is 2. The third kappa shape index (κ3) is 2.95. The van der Waals surface area contributed by atoms with E-state index in [2.05, 4.69) is 0 Å². The zero-order valence-electron chi connectivity index (χ0n) is 15.0. The maximum absolute atomic E-state index is 13.1. The van der Waals surface area contributed by atoms with Crippen molar-refractivity contribution in [1.82, 2.24) is 4.90 Å². The van der Waals surface area contributed by atoms with Gasteiger partial charge >= 0.3 is 0 Å². The number of ether oxygens (including phenoxy) is 4. The minimum absolute atomic E-state index is 0.0166. The topological polar surface area (TPSA) is 57.2 Å². The molecule has 1 atom stereocenters. The second-order valence-corrected chi connectivity index (χ2v) is 6.98. The fraction of sp³-hybridized carbons (Fsp3) is 0.381. The number of hydrogen-bond acceptors (Lipinski definition) is 5. The van der Waals surface area contributed by atoms with Crippen molar-refractivity contribution in [2.45, 2.75) is 25.3 Å². The smallest absolute Gasteiger partial charge is 0.254 e. The van der Waals surface area contributed by atoms with Gasteiger partial charge in [-0.15, -0.1) is 0 Å². The highest BCUT2D eigenvalue weighted by Crippen LogP contribution is 2.39. The van der Waals surface area contributed by atoms with E-state index in [1.807, 2.05) is 23.1 Å². The Hall–Kier alpha value is -2.89. The molecule has 0 aromatic heterocycles. The van der Waals surface area contributed by atoms with Crippen LogP contribution in [0.1, 0.15) is 41.2 Å². The van der Waals surface area contributed by atoms with E-state index in [4.69, 9.17) is 18.9 Å². The van der Waals surface area contributed by atoms with Crippen LogP contribution >= 0.6 is 0 Å². The summed E-state index contributed by atoms with van der Waals surface area (Å²) < 4.78 is 22.3. The maximum atomic E-state index is 13.1. The van der Waals surface area contributed by atoms with Gasteiger partial charge in [-0.25, -0.2) is 0 Å². The number of likely N-dealkylation sites (tertiary alicyclic amines) is 1. The van der Waals surface area contributed by atoms with Crippen LogP contribution in [-0.2, 0) is 0 Å². The second-order valence-electron chi connectivity index (χ2n) is 6.98. The Kier molecular flexibility index (Phi) is 4.03. The van der Waals surface area contributed by atoms with E-state index >= 15 is 0 Å². The molecule has 1 saturated heterocycles. The van der Waals surface area contributed by atoms with Crippen molar-refractivity contribution in [3.63, 3.8) is 0 Å². The van der Waals surface area contributed by atoms with Crippen molar-refractivity contribution < 1.29 is 23.7 Å². The summed E-state index contributed by atoms with van der Waals surface area (Å²) in [6.07, 6.45) is 2.80. The van der Waals surface area contributed by atoms with Crippen LogP contribution < -0.4 is 18.9 Å². The van der Waals surface area contributed by atoms with Crippen LogP contribution in [0.3, 0.4) is 0 Å². The highest BCUT2D eigenvalue weighted by Gasteiger charge is 2.32. The molecule has 2 aromatic rings. The van der Waals surface area contributed by atoms with Gasteiger partial charge in [-0.1, -0.05) is 6.07 Å². The molecule has 6 nitrogen and oxygen atoms in total. The summed E-state index contributed by atoms with van der Waals surface area (Å²) in [4.78, 5) is 15.1. The van der Waals surface area contributed by atoms with Gasteiger partial charge < -0.3 is 23.8 Å². The molecule has 1 fully saturated rings. The minimum atomic E-state index is 0.0166. The quantitative estimate of drug-likeness (QED) is 0.812. The van der Waals surface area contributed by atoms with Crippen LogP contribution in [0.15, 0.2) is 36.4 Å². The summed E-state index contributed by atoms with van der Waals surface area (Å²) in [6, 6.07) is 11.4. The van der Waals surface area contributed by atoms with Crippen LogP contribution in [0.4, 0.5) is 0 Å². The van der Waals surface area contributed by atoms with Crippen molar-refractivity contribution >= 4 is 5.91 Å². The summed E-state index contributed by atoms with van der Waals surface area (Å²) in [5, 5.41) is 0. The normalized spacial score (nSPS) is 20.4. The lowest BCUT2D eigenvalue weighted by Gasteiger charge is -2.26. The number of amides is 1. The number of carbonyl (C=O) groups excluding carboxylic acids is 1. The van der Waals surface area contributed by atoms with E-state index in [0.717, 1.165) is 42.9 Å². The van der Waals surface area contributed by atoms with Crippen LogP contribution in [0, 0.1) is 0 Å². The van der Waals surface area contributed by atoms with E-state index < -0.39 is 0 Å². The van der Waals surface area contributed by atoms with Gasteiger partial charge in [0.1, 0.15) is 0 Å². The summed E-state index contributed by atoms with van der Waals surface area (Å²) in [6.45, 7) is 2.27. The molecule has 5 rings (SSSR count). The first kappa shape index (κ1) is 16.3. The average molecular weight is 367 g/mol. The van der Waals surface area contributed by atoms with Gasteiger partial charge in [0, 0.05) is 18.5 Å². The standard InChI is InChI=1S/C21H21NO5/c23-21(15-5-7-18-20(12-15)27-13-26-18)22-8-1-3-16(22)14-4-6-17-19(11-14)25-10-2-9-24-17/h4-7,11-12,16H,1-3,8-10,13H2. The van der Waals surface area contributed by atoms with E-state index in [1.165, 1.54) is 0 Å². The zero-order valence-corrected chi connectivity index (χ0v) is 15.0. The molecule has 0 saturated carbocycles. The van der Waals surface area contributed by atoms with Crippen molar-refractivity contribution in [3.05, 3.63) is 47.5 Å². The lowest BCUT2D eigenvalue weighted by molar-refractivity contribution is 0.0735. The summed E-state index contributed by atoms with van der Waals surface area (Å²) in [5.74, 6) is 2.89. The SMILES string of the molecule is O=C(c1ccc2c(c1)OCO2)N1CCCC1c1ccc2c(c1)OCCCO2. The largest absolute Gasteiger partial charge is 0.490 e. The summed E-state index contributed by atoms with van der Waals surface area (Å²) in [5.41, 5.74) is 1.71. The molecule has 0 spiro atoms. The van der Waals surface area contributed by atoms with Crippen LogP contribution in [0.2, 0.25) is 0 Å². The number of nitrogens with zero attached hydrogens (tertiary/aromatic N) is 1. The molecule has 6 heteroatoms. The Labute approximate surface area is 157 Å². The molecule has 1 amide bonds. The van der Waals surface area contributed by atoms with E-state index in [-0.39, 0.29) is 18.7 Å². The first-order chi connectivity index (χ1) is 13.3. The first-order valence-electron chi connectivity index (χ1n) is 9.40. The molecule has 2 aromatic carbocycles. The molecule has 0 radical (unpaired) electrons. The molecule has 140 valence electrons. The molecule has 27 heavy (non-hydrogen) atoms. The number of hydrogen-bond donors (Lipinski definition) is 0. The van der Waals surface area contributed by atoms with Gasteiger partial charge in [0.25, 0.3) is 5.91 Å². The first-order valence-corrected chi connectivity index (χ1v) is 9.40. The number of benzene rings is 2. The van der Waals surface area contributed by atoms with Crippen LogP contribution in [0.25, 0.3) is 0 Å². The highest BCUT2D eigenvalue weighted by atomic mass is 16.7. The maximum Gasteiger partial charge on any atom is 0.254 e. The Morgan fingerprint density at radius 3 is 2.52 bits per heavy atom. The molecule has 3 aliphatic heterocycles. The Morgan fingerprint density at radius 1 is 0.852 bits per heavy atom. The van der Waals surface area contributed by atoms with E-state index in [9.17, 15) is 4.79 Å². The van der Waals surface area contributed by atoms with Gasteiger partial charge in [-0.2, -0.15) is 0 Å². The lowest BCUT2D eigenvalue weighted by atomic mass is 10.0. The molecule has 3 aliphatic rings. The number of rotatable bonds is 2. The molecule has 0 bridgehead atoms. The average Bonchev–Trinajstić information content (AvgIpc) is 3.31. The van der Waals surface area contributed by atoms with Gasteiger partial charge in [0.15, 0.2) is 23.0 Å². The van der Waals surface area contributed by atoms with Crippen molar-refractivity contribution in [2.24, 2.45) is 0 Å².